The summed E-state index contributed by atoms with van der Waals surface area (Å²) in [6, 6.07) is 0. The van der Waals surface area contributed by atoms with E-state index in [0.29, 0.717) is 10.3 Å². The van der Waals surface area contributed by atoms with Gasteiger partial charge in [0.2, 0.25) is 5.13 Å². The molecule has 0 radical (unpaired) electrons. The molecule has 1 aliphatic rings. The van der Waals surface area contributed by atoms with Crippen molar-refractivity contribution in [3.8, 4) is 0 Å². The second kappa shape index (κ2) is 5.68. The maximum atomic E-state index is 10.4. The van der Waals surface area contributed by atoms with Crippen LogP contribution in [0.5, 0.6) is 0 Å². The lowest BCUT2D eigenvalue weighted by molar-refractivity contribution is -0.133. The molecule has 1 aromatic heterocycles. The largest absolute Gasteiger partial charge is 0.481 e. The van der Waals surface area contributed by atoms with Gasteiger partial charge < -0.3 is 10.4 Å². The Morgan fingerprint density at radius 1 is 1.65 bits per heavy atom. The zero-order valence-corrected chi connectivity index (χ0v) is 11.2. The van der Waals surface area contributed by atoms with Gasteiger partial charge in [-0.3, -0.25) is 4.79 Å². The molecule has 2 rings (SSSR count). The van der Waals surface area contributed by atoms with E-state index >= 15 is 0 Å². The average Bonchev–Trinajstić information content (AvgIpc) is 3.04. The van der Waals surface area contributed by atoms with E-state index in [2.05, 4.69) is 22.4 Å². The first-order chi connectivity index (χ1) is 8.15. The van der Waals surface area contributed by atoms with Gasteiger partial charge in [0.15, 0.2) is 4.34 Å². The minimum Gasteiger partial charge on any atom is -0.481 e. The van der Waals surface area contributed by atoms with E-state index in [-0.39, 0.29) is 5.75 Å². The van der Waals surface area contributed by atoms with Crippen LogP contribution in [0.15, 0.2) is 4.34 Å². The summed E-state index contributed by atoms with van der Waals surface area (Å²) in [6.07, 6.45) is 2.69. The zero-order chi connectivity index (χ0) is 12.3. The van der Waals surface area contributed by atoms with E-state index in [1.54, 1.807) is 0 Å². The SMILES string of the molecule is CC(CNc1nnc(SCC(=O)O)s1)C1CC1. The number of carboxylic acid groups (broad SMARTS) is 1. The molecule has 0 spiro atoms. The smallest absolute Gasteiger partial charge is 0.313 e. The molecule has 0 aliphatic heterocycles. The van der Waals surface area contributed by atoms with E-state index in [0.717, 1.165) is 17.6 Å². The number of hydrogen-bond donors (Lipinski definition) is 2. The minimum absolute atomic E-state index is 0.0348. The third kappa shape index (κ3) is 4.16. The third-order valence-corrected chi connectivity index (χ3v) is 4.73. The number of nitrogens with one attached hydrogen (secondary N) is 1. The maximum absolute atomic E-state index is 10.4. The van der Waals surface area contributed by atoms with Crippen LogP contribution in [0.3, 0.4) is 0 Å². The third-order valence-electron chi connectivity index (χ3n) is 2.73. The Balaban J connectivity index is 1.75. The molecule has 5 nitrogen and oxygen atoms in total. The Morgan fingerprint density at radius 2 is 2.41 bits per heavy atom. The molecule has 0 saturated heterocycles. The molecular formula is C10H15N3O2S2. The summed E-state index contributed by atoms with van der Waals surface area (Å²) < 4.78 is 0.703. The van der Waals surface area contributed by atoms with Crippen molar-refractivity contribution in [2.45, 2.75) is 24.1 Å². The predicted molar refractivity (Wildman–Crippen MR) is 68.6 cm³/mol. The van der Waals surface area contributed by atoms with Crippen LogP contribution in [-0.4, -0.2) is 33.6 Å². The van der Waals surface area contributed by atoms with Crippen molar-refractivity contribution in [2.75, 3.05) is 17.6 Å². The number of hydrogen-bond acceptors (Lipinski definition) is 6. The minimum atomic E-state index is -0.831. The molecule has 2 N–H and O–H groups in total. The van der Waals surface area contributed by atoms with Crippen molar-refractivity contribution in [3.05, 3.63) is 0 Å². The molecule has 17 heavy (non-hydrogen) atoms. The highest BCUT2D eigenvalue weighted by atomic mass is 32.2. The highest BCUT2D eigenvalue weighted by molar-refractivity contribution is 8.01. The second-order valence-electron chi connectivity index (χ2n) is 4.25. The van der Waals surface area contributed by atoms with Crippen molar-refractivity contribution in [1.29, 1.82) is 0 Å². The number of aromatic nitrogens is 2. The highest BCUT2D eigenvalue weighted by Crippen LogP contribution is 2.36. The summed E-state index contributed by atoms with van der Waals surface area (Å²) in [5.41, 5.74) is 0. The summed E-state index contributed by atoms with van der Waals surface area (Å²) in [4.78, 5) is 10.4. The van der Waals surface area contributed by atoms with Gasteiger partial charge in [-0.2, -0.15) is 0 Å². The number of anilines is 1. The number of carboxylic acids is 1. The molecule has 1 saturated carbocycles. The summed E-state index contributed by atoms with van der Waals surface area (Å²) in [7, 11) is 0. The van der Waals surface area contributed by atoms with Crippen LogP contribution in [-0.2, 0) is 4.79 Å². The van der Waals surface area contributed by atoms with E-state index in [1.807, 2.05) is 0 Å². The fraction of sp³-hybridized carbons (Fsp3) is 0.700. The monoisotopic (exact) mass is 273 g/mol. The molecule has 94 valence electrons. The van der Waals surface area contributed by atoms with Gasteiger partial charge in [-0.25, -0.2) is 0 Å². The number of aliphatic carboxylic acids is 1. The lowest BCUT2D eigenvalue weighted by Gasteiger charge is -2.09. The van der Waals surface area contributed by atoms with Gasteiger partial charge in [-0.1, -0.05) is 30.0 Å². The fourth-order valence-corrected chi connectivity index (χ4v) is 3.02. The lowest BCUT2D eigenvalue weighted by Crippen LogP contribution is -2.12. The van der Waals surface area contributed by atoms with Crippen LogP contribution >= 0.6 is 23.1 Å². The summed E-state index contributed by atoms with van der Waals surface area (Å²) in [5.74, 6) is 0.750. The topological polar surface area (TPSA) is 75.1 Å². The zero-order valence-electron chi connectivity index (χ0n) is 9.55. The maximum Gasteiger partial charge on any atom is 0.313 e. The van der Waals surface area contributed by atoms with Crippen molar-refractivity contribution < 1.29 is 9.90 Å². The second-order valence-corrected chi connectivity index (χ2v) is 6.45. The lowest BCUT2D eigenvalue weighted by atomic mass is 10.1. The molecule has 1 fully saturated rings. The Labute approximate surface area is 108 Å². The number of thioether (sulfide) groups is 1. The Hall–Kier alpha value is -0.820. The normalized spacial score (nSPS) is 16.8. The molecule has 1 aromatic rings. The van der Waals surface area contributed by atoms with Crippen LogP contribution in [0.2, 0.25) is 0 Å². The van der Waals surface area contributed by atoms with E-state index in [4.69, 9.17) is 5.11 Å². The quantitative estimate of drug-likeness (QED) is 0.742. The summed E-state index contributed by atoms with van der Waals surface area (Å²) in [5, 5.41) is 20.5. The average molecular weight is 273 g/mol. The Kier molecular flexibility index (Phi) is 4.22. The van der Waals surface area contributed by atoms with Crippen molar-refractivity contribution in [2.24, 2.45) is 11.8 Å². The predicted octanol–water partition coefficient (Wildman–Crippen LogP) is 2.17. The summed E-state index contributed by atoms with van der Waals surface area (Å²) in [6.45, 7) is 3.16. The standard InChI is InChI=1S/C10H15N3O2S2/c1-6(7-2-3-7)4-11-9-12-13-10(17-9)16-5-8(14)15/h6-7H,2-5H2,1H3,(H,11,12)(H,14,15). The van der Waals surface area contributed by atoms with Crippen LogP contribution in [0.1, 0.15) is 19.8 Å². The van der Waals surface area contributed by atoms with Crippen molar-refractivity contribution in [1.82, 2.24) is 10.2 Å². The molecule has 0 aromatic carbocycles. The molecule has 1 atom stereocenters. The van der Waals surface area contributed by atoms with Crippen LogP contribution in [0.4, 0.5) is 5.13 Å². The molecule has 1 unspecified atom stereocenters. The van der Waals surface area contributed by atoms with Crippen molar-refractivity contribution >= 4 is 34.2 Å². The van der Waals surface area contributed by atoms with Crippen molar-refractivity contribution in [3.63, 3.8) is 0 Å². The van der Waals surface area contributed by atoms with Gasteiger partial charge in [0.25, 0.3) is 0 Å². The molecule has 1 heterocycles. The summed E-state index contributed by atoms with van der Waals surface area (Å²) >= 11 is 2.62. The van der Waals surface area contributed by atoms with E-state index < -0.39 is 5.97 Å². The molecular weight excluding hydrogens is 258 g/mol. The molecule has 1 aliphatic carbocycles. The Morgan fingerprint density at radius 3 is 3.06 bits per heavy atom. The van der Waals surface area contributed by atoms with Gasteiger partial charge in [0.1, 0.15) is 0 Å². The highest BCUT2D eigenvalue weighted by Gasteiger charge is 2.27. The number of carbonyl (C=O) groups is 1. The van der Waals surface area contributed by atoms with Gasteiger partial charge in [0, 0.05) is 6.54 Å². The fourth-order valence-electron chi connectivity index (χ4n) is 1.54. The van der Waals surface area contributed by atoms with Crippen LogP contribution in [0.25, 0.3) is 0 Å². The van der Waals surface area contributed by atoms with Gasteiger partial charge in [-0.05, 0) is 24.7 Å². The van der Waals surface area contributed by atoms with Gasteiger partial charge >= 0.3 is 5.97 Å². The first kappa shape index (κ1) is 12.6. The van der Waals surface area contributed by atoms with Gasteiger partial charge in [-0.15, -0.1) is 10.2 Å². The van der Waals surface area contributed by atoms with Crippen LogP contribution < -0.4 is 5.32 Å². The molecule has 7 heteroatoms. The van der Waals surface area contributed by atoms with E-state index in [1.165, 1.54) is 35.9 Å². The number of rotatable bonds is 7. The molecule has 0 amide bonds. The van der Waals surface area contributed by atoms with E-state index in [9.17, 15) is 4.79 Å². The van der Waals surface area contributed by atoms with Gasteiger partial charge in [0.05, 0.1) is 5.75 Å². The first-order valence-electron chi connectivity index (χ1n) is 5.57. The first-order valence-corrected chi connectivity index (χ1v) is 7.37. The van der Waals surface area contributed by atoms with Crippen LogP contribution in [0, 0.1) is 11.8 Å². The number of nitrogens with zero attached hydrogens (tertiary/aromatic N) is 2. The Bertz CT molecular complexity index is 393. The molecule has 0 bridgehead atoms.